The van der Waals surface area contributed by atoms with E-state index in [2.05, 4.69) is 0 Å². The van der Waals surface area contributed by atoms with Gasteiger partial charge in [0.2, 0.25) is 0 Å². The Morgan fingerprint density at radius 2 is 1.89 bits per heavy atom. The van der Waals surface area contributed by atoms with E-state index in [0.717, 1.165) is 5.46 Å². The van der Waals surface area contributed by atoms with E-state index in [1.807, 2.05) is 6.92 Å². The summed E-state index contributed by atoms with van der Waals surface area (Å²) in [5.41, 5.74) is 1.43. The van der Waals surface area contributed by atoms with Crippen molar-refractivity contribution in [2.24, 2.45) is 0 Å². The minimum atomic E-state index is -0.540. The average Bonchev–Trinajstić information content (AvgIpc) is 2.40. The molecule has 0 aliphatic heterocycles. The lowest BCUT2D eigenvalue weighted by atomic mass is 9.76. The fraction of sp³-hybridized carbons (Fsp3) is 0.538. The summed E-state index contributed by atoms with van der Waals surface area (Å²) in [6.07, 6.45) is -0.343. The second kappa shape index (κ2) is 8.27. The van der Waals surface area contributed by atoms with Crippen molar-refractivity contribution in [3.05, 3.63) is 29.6 Å². The number of halogens is 1. The Balaban J connectivity index is 2.82. The van der Waals surface area contributed by atoms with Crippen LogP contribution in [0.3, 0.4) is 0 Å². The Labute approximate surface area is 113 Å². The van der Waals surface area contributed by atoms with Crippen LogP contribution in [-0.4, -0.2) is 34.2 Å². The van der Waals surface area contributed by atoms with Crippen LogP contribution in [0.25, 0.3) is 0 Å². The summed E-state index contributed by atoms with van der Waals surface area (Å²) in [4.78, 5) is 0. The molecular weight excluding hydrogens is 250 g/mol. The molecule has 106 valence electrons. The van der Waals surface area contributed by atoms with Crippen molar-refractivity contribution < 1.29 is 23.2 Å². The predicted molar refractivity (Wildman–Crippen MR) is 71.7 cm³/mol. The van der Waals surface area contributed by atoms with Gasteiger partial charge < -0.3 is 18.8 Å². The fourth-order valence-corrected chi connectivity index (χ4v) is 1.77. The van der Waals surface area contributed by atoms with Crippen LogP contribution in [0.5, 0.6) is 0 Å². The molecule has 1 aromatic rings. The molecule has 1 aromatic carbocycles. The summed E-state index contributed by atoms with van der Waals surface area (Å²) in [5.74, 6) is -0.322. The van der Waals surface area contributed by atoms with Crippen LogP contribution in [0.2, 0.25) is 0 Å². The van der Waals surface area contributed by atoms with Gasteiger partial charge in [0.1, 0.15) is 5.82 Å². The van der Waals surface area contributed by atoms with Crippen molar-refractivity contribution in [2.45, 2.75) is 26.7 Å². The van der Waals surface area contributed by atoms with E-state index in [-0.39, 0.29) is 18.7 Å². The Kier molecular flexibility index (Phi) is 7.01. The molecule has 0 saturated heterocycles. The highest BCUT2D eigenvalue weighted by Crippen LogP contribution is 2.07. The molecule has 0 fully saturated rings. The van der Waals surface area contributed by atoms with Crippen LogP contribution in [0.1, 0.15) is 19.4 Å². The third kappa shape index (κ3) is 4.91. The van der Waals surface area contributed by atoms with Gasteiger partial charge in [-0.2, -0.15) is 0 Å². The molecule has 0 radical (unpaired) electrons. The molecule has 0 saturated carbocycles. The van der Waals surface area contributed by atoms with E-state index in [1.165, 1.54) is 26.4 Å². The third-order valence-corrected chi connectivity index (χ3v) is 2.66. The molecule has 0 heterocycles. The summed E-state index contributed by atoms with van der Waals surface area (Å²) in [6, 6.07) is 4.42. The van der Waals surface area contributed by atoms with Crippen molar-refractivity contribution in [1.82, 2.24) is 0 Å². The quantitative estimate of drug-likeness (QED) is 0.532. The van der Waals surface area contributed by atoms with Gasteiger partial charge in [-0.15, -0.1) is 0 Å². The van der Waals surface area contributed by atoms with Crippen molar-refractivity contribution in [1.29, 1.82) is 0 Å². The van der Waals surface area contributed by atoms with E-state index >= 15 is 0 Å². The first kappa shape index (κ1) is 16.1. The lowest BCUT2D eigenvalue weighted by Gasteiger charge is -2.17. The SMILES string of the molecule is CCOC(C)OCc1cc(F)ccc1B(OC)OC. The highest BCUT2D eigenvalue weighted by atomic mass is 19.1. The average molecular weight is 270 g/mol. The minimum absolute atomic E-state index is 0.234. The normalized spacial score (nSPS) is 12.5. The summed E-state index contributed by atoms with van der Waals surface area (Å²) in [6.45, 7) is 4.49. The molecule has 6 heteroatoms. The molecule has 0 aliphatic carbocycles. The Morgan fingerprint density at radius 3 is 2.47 bits per heavy atom. The molecule has 0 amide bonds. The van der Waals surface area contributed by atoms with Crippen LogP contribution in [0.4, 0.5) is 4.39 Å². The molecule has 0 N–H and O–H groups in total. The maximum absolute atomic E-state index is 13.3. The van der Waals surface area contributed by atoms with Crippen LogP contribution in [-0.2, 0) is 25.4 Å². The zero-order valence-corrected chi connectivity index (χ0v) is 11.8. The summed E-state index contributed by atoms with van der Waals surface area (Å²) in [5, 5.41) is 0. The van der Waals surface area contributed by atoms with Crippen molar-refractivity contribution in [3.63, 3.8) is 0 Å². The Bertz CT molecular complexity index is 385. The third-order valence-electron chi connectivity index (χ3n) is 2.66. The highest BCUT2D eigenvalue weighted by Gasteiger charge is 2.22. The first-order valence-electron chi connectivity index (χ1n) is 6.19. The number of rotatable bonds is 8. The highest BCUT2D eigenvalue weighted by molar-refractivity contribution is 6.61. The molecule has 1 rings (SSSR count). The molecule has 0 bridgehead atoms. The van der Waals surface area contributed by atoms with Crippen LogP contribution < -0.4 is 5.46 Å². The second-order valence-corrected chi connectivity index (χ2v) is 3.98. The van der Waals surface area contributed by atoms with Gasteiger partial charge in [-0.1, -0.05) is 6.07 Å². The van der Waals surface area contributed by atoms with Crippen molar-refractivity contribution in [3.8, 4) is 0 Å². The van der Waals surface area contributed by atoms with Gasteiger partial charge in [0, 0.05) is 20.8 Å². The van der Waals surface area contributed by atoms with Crippen LogP contribution in [0.15, 0.2) is 18.2 Å². The standard InChI is InChI=1S/C13H20BFO4/c1-5-18-10(2)19-9-11-8-12(15)6-7-13(11)14(16-3)17-4/h6-8,10H,5,9H2,1-4H3. The monoisotopic (exact) mass is 270 g/mol. The Hall–Kier alpha value is -0.945. The van der Waals surface area contributed by atoms with E-state index in [9.17, 15) is 4.39 Å². The van der Waals surface area contributed by atoms with E-state index in [1.54, 1.807) is 13.0 Å². The number of benzene rings is 1. The van der Waals surface area contributed by atoms with E-state index < -0.39 is 7.12 Å². The summed E-state index contributed by atoms with van der Waals surface area (Å²) >= 11 is 0. The first-order valence-corrected chi connectivity index (χ1v) is 6.19. The summed E-state index contributed by atoms with van der Waals surface area (Å²) < 4.78 is 34.5. The van der Waals surface area contributed by atoms with Gasteiger partial charge in [-0.3, -0.25) is 0 Å². The van der Waals surface area contributed by atoms with Crippen LogP contribution >= 0.6 is 0 Å². The number of hydrogen-bond acceptors (Lipinski definition) is 4. The molecule has 0 spiro atoms. The van der Waals surface area contributed by atoms with Gasteiger partial charge in [0.15, 0.2) is 6.29 Å². The van der Waals surface area contributed by atoms with E-state index in [4.69, 9.17) is 18.8 Å². The maximum Gasteiger partial charge on any atom is 0.493 e. The molecule has 1 atom stereocenters. The predicted octanol–water partition coefficient (Wildman–Crippen LogP) is 1.71. The Morgan fingerprint density at radius 1 is 1.21 bits per heavy atom. The fourth-order valence-electron chi connectivity index (χ4n) is 1.77. The smallest absolute Gasteiger partial charge is 0.410 e. The molecule has 19 heavy (non-hydrogen) atoms. The van der Waals surface area contributed by atoms with E-state index in [0.29, 0.717) is 12.2 Å². The zero-order valence-electron chi connectivity index (χ0n) is 11.8. The van der Waals surface area contributed by atoms with Gasteiger partial charge in [-0.05, 0) is 37.0 Å². The maximum atomic E-state index is 13.3. The van der Waals surface area contributed by atoms with Crippen LogP contribution in [0, 0.1) is 5.82 Å². The summed E-state index contributed by atoms with van der Waals surface area (Å²) in [7, 11) is 2.53. The topological polar surface area (TPSA) is 36.9 Å². The molecule has 4 nitrogen and oxygen atoms in total. The molecule has 0 aromatic heterocycles. The van der Waals surface area contributed by atoms with Gasteiger partial charge >= 0.3 is 7.12 Å². The largest absolute Gasteiger partial charge is 0.493 e. The minimum Gasteiger partial charge on any atom is -0.410 e. The lowest BCUT2D eigenvalue weighted by molar-refractivity contribution is -0.134. The number of hydrogen-bond donors (Lipinski definition) is 0. The zero-order chi connectivity index (χ0) is 14.3. The van der Waals surface area contributed by atoms with Gasteiger partial charge in [0.05, 0.1) is 6.61 Å². The van der Waals surface area contributed by atoms with Crippen molar-refractivity contribution in [2.75, 3.05) is 20.8 Å². The van der Waals surface area contributed by atoms with Gasteiger partial charge in [-0.25, -0.2) is 4.39 Å². The first-order chi connectivity index (χ1) is 9.12. The number of ether oxygens (including phenoxy) is 2. The second-order valence-electron chi connectivity index (χ2n) is 3.98. The van der Waals surface area contributed by atoms with Crippen molar-refractivity contribution >= 4 is 12.6 Å². The lowest BCUT2D eigenvalue weighted by Crippen LogP contribution is -2.37. The molecular formula is C13H20BFO4. The molecule has 0 aliphatic rings. The molecule has 1 unspecified atom stereocenters. The van der Waals surface area contributed by atoms with Gasteiger partial charge in [0.25, 0.3) is 0 Å².